The zero-order valence-electron chi connectivity index (χ0n) is 10.9. The summed E-state index contributed by atoms with van der Waals surface area (Å²) in [4.78, 5) is 10.3. The minimum absolute atomic E-state index is 0.0469. The molecule has 2 aromatic carbocycles. The van der Waals surface area contributed by atoms with Crippen LogP contribution in [0.1, 0.15) is 18.5 Å². The number of nitrogens with zero attached hydrogens (tertiary/aromatic N) is 1. The molecule has 1 N–H and O–H groups in total. The second kappa shape index (κ2) is 6.41. The Bertz CT molecular complexity index is 697. The van der Waals surface area contributed by atoms with Crippen LogP contribution in [0.3, 0.4) is 0 Å². The molecule has 1 atom stereocenters. The molecule has 0 spiro atoms. The van der Waals surface area contributed by atoms with E-state index in [0.29, 0.717) is 15.2 Å². The second-order valence-electron chi connectivity index (χ2n) is 4.46. The second-order valence-corrected chi connectivity index (χ2v) is 5.72. The zero-order chi connectivity index (χ0) is 15.6. The van der Waals surface area contributed by atoms with Crippen molar-refractivity contribution < 1.29 is 9.31 Å². The van der Waals surface area contributed by atoms with Gasteiger partial charge in [-0.15, -0.1) is 0 Å². The smallest absolute Gasteiger partial charge is 0.271 e. The van der Waals surface area contributed by atoms with Crippen LogP contribution < -0.4 is 5.32 Å². The monoisotopic (exact) mass is 372 g/mol. The van der Waals surface area contributed by atoms with E-state index in [-0.39, 0.29) is 17.5 Å². The highest BCUT2D eigenvalue weighted by molar-refractivity contribution is 9.10. The lowest BCUT2D eigenvalue weighted by molar-refractivity contribution is -0.384. The van der Waals surface area contributed by atoms with E-state index in [9.17, 15) is 14.5 Å². The van der Waals surface area contributed by atoms with Gasteiger partial charge in [-0.3, -0.25) is 10.1 Å². The van der Waals surface area contributed by atoms with Crippen molar-refractivity contribution in [1.82, 2.24) is 0 Å². The minimum Gasteiger partial charge on any atom is -0.377 e. The molecule has 0 bridgehead atoms. The number of non-ortho nitro benzene ring substituents is 1. The number of nitrogens with one attached hydrogen (secondary N) is 1. The molecule has 0 radical (unpaired) electrons. The first kappa shape index (κ1) is 15.7. The molecule has 0 aliphatic carbocycles. The number of anilines is 1. The van der Waals surface area contributed by atoms with Crippen molar-refractivity contribution in [3.63, 3.8) is 0 Å². The lowest BCUT2D eigenvalue weighted by Gasteiger charge is -2.17. The normalized spacial score (nSPS) is 12.0. The van der Waals surface area contributed by atoms with Gasteiger partial charge in [0.1, 0.15) is 5.82 Å². The highest BCUT2D eigenvalue weighted by Gasteiger charge is 2.13. The summed E-state index contributed by atoms with van der Waals surface area (Å²) in [7, 11) is 0. The van der Waals surface area contributed by atoms with E-state index in [1.165, 1.54) is 24.3 Å². The topological polar surface area (TPSA) is 55.2 Å². The number of halogens is 3. The Morgan fingerprint density at radius 1 is 1.33 bits per heavy atom. The van der Waals surface area contributed by atoms with Gasteiger partial charge >= 0.3 is 0 Å². The SMILES string of the molecule is CC(Nc1cc([N+](=O)[O-])ccc1Cl)c1ccc(F)c(Br)c1. The predicted octanol–water partition coefficient (Wildman–Crippen LogP) is 5.32. The van der Waals surface area contributed by atoms with Gasteiger partial charge in [0.2, 0.25) is 0 Å². The summed E-state index contributed by atoms with van der Waals surface area (Å²) in [6.45, 7) is 1.86. The Kier molecular flexibility index (Phi) is 4.80. The number of nitro groups is 1. The molecule has 1 unspecified atom stereocenters. The first-order chi connectivity index (χ1) is 9.88. The maximum absolute atomic E-state index is 13.2. The maximum atomic E-state index is 13.2. The van der Waals surface area contributed by atoms with E-state index < -0.39 is 4.92 Å². The van der Waals surface area contributed by atoms with Crippen LogP contribution in [0, 0.1) is 15.9 Å². The number of rotatable bonds is 4. The molecule has 0 saturated heterocycles. The zero-order valence-corrected chi connectivity index (χ0v) is 13.3. The van der Waals surface area contributed by atoms with Crippen LogP contribution in [0.2, 0.25) is 5.02 Å². The molecule has 0 aliphatic rings. The first-order valence-electron chi connectivity index (χ1n) is 6.04. The van der Waals surface area contributed by atoms with Crippen LogP contribution in [0.25, 0.3) is 0 Å². The fourth-order valence-corrected chi connectivity index (χ4v) is 2.40. The summed E-state index contributed by atoms with van der Waals surface area (Å²) in [5.74, 6) is -0.348. The van der Waals surface area contributed by atoms with E-state index in [0.717, 1.165) is 5.56 Å². The van der Waals surface area contributed by atoms with Crippen LogP contribution in [-0.4, -0.2) is 4.92 Å². The fraction of sp³-hybridized carbons (Fsp3) is 0.143. The largest absolute Gasteiger partial charge is 0.377 e. The summed E-state index contributed by atoms with van der Waals surface area (Å²) in [6, 6.07) is 8.63. The molecule has 0 amide bonds. The van der Waals surface area contributed by atoms with Crippen molar-refractivity contribution in [3.05, 3.63) is 67.4 Å². The molecular formula is C14H11BrClFN2O2. The average Bonchev–Trinajstić information content (AvgIpc) is 2.43. The van der Waals surface area contributed by atoms with Crippen molar-refractivity contribution in [3.8, 4) is 0 Å². The summed E-state index contributed by atoms with van der Waals surface area (Å²) in [5, 5.41) is 14.3. The summed E-state index contributed by atoms with van der Waals surface area (Å²) in [5.41, 5.74) is 1.24. The Labute approximate surface area is 134 Å². The van der Waals surface area contributed by atoms with Gasteiger partial charge in [0.25, 0.3) is 5.69 Å². The molecule has 0 aromatic heterocycles. The van der Waals surface area contributed by atoms with Crippen LogP contribution in [0.5, 0.6) is 0 Å². The van der Waals surface area contributed by atoms with Crippen molar-refractivity contribution in [2.45, 2.75) is 13.0 Å². The minimum atomic E-state index is -0.485. The van der Waals surface area contributed by atoms with Crippen molar-refractivity contribution in [2.75, 3.05) is 5.32 Å². The van der Waals surface area contributed by atoms with Crippen molar-refractivity contribution in [2.24, 2.45) is 0 Å². The van der Waals surface area contributed by atoms with Gasteiger partial charge in [0.15, 0.2) is 0 Å². The Hall–Kier alpha value is -1.66. The molecular weight excluding hydrogens is 363 g/mol. The molecule has 110 valence electrons. The molecule has 2 rings (SSSR count). The highest BCUT2D eigenvalue weighted by atomic mass is 79.9. The van der Waals surface area contributed by atoms with E-state index in [2.05, 4.69) is 21.2 Å². The molecule has 0 fully saturated rings. The molecule has 4 nitrogen and oxygen atoms in total. The van der Waals surface area contributed by atoms with Crippen molar-refractivity contribution >= 4 is 38.9 Å². The Balaban J connectivity index is 2.26. The number of nitro benzene ring substituents is 1. The Morgan fingerprint density at radius 3 is 2.67 bits per heavy atom. The fourth-order valence-electron chi connectivity index (χ4n) is 1.84. The standard InChI is InChI=1S/C14H11BrClFN2O2/c1-8(9-2-5-13(17)11(15)6-9)18-14-7-10(19(20)21)3-4-12(14)16/h2-8,18H,1H3. The number of hydrogen-bond acceptors (Lipinski definition) is 3. The molecule has 0 aliphatic heterocycles. The van der Waals surface area contributed by atoms with Crippen molar-refractivity contribution in [1.29, 1.82) is 0 Å². The van der Waals surface area contributed by atoms with Gasteiger partial charge in [-0.25, -0.2) is 4.39 Å². The van der Waals surface area contributed by atoms with E-state index in [1.54, 1.807) is 12.1 Å². The predicted molar refractivity (Wildman–Crippen MR) is 84.2 cm³/mol. The number of hydrogen-bond donors (Lipinski definition) is 1. The molecule has 2 aromatic rings. The van der Waals surface area contributed by atoms with Gasteiger partial charge in [0.05, 0.1) is 20.1 Å². The third-order valence-electron chi connectivity index (χ3n) is 2.98. The summed E-state index contributed by atoms with van der Waals surface area (Å²) in [6.07, 6.45) is 0. The van der Waals surface area contributed by atoms with Crippen LogP contribution in [0.4, 0.5) is 15.8 Å². The average molecular weight is 374 g/mol. The third kappa shape index (κ3) is 3.71. The molecule has 0 saturated carbocycles. The van der Waals surface area contributed by atoms with E-state index in [4.69, 9.17) is 11.6 Å². The number of benzene rings is 2. The molecule has 0 heterocycles. The van der Waals surface area contributed by atoms with Gasteiger partial charge < -0.3 is 5.32 Å². The first-order valence-corrected chi connectivity index (χ1v) is 7.21. The van der Waals surface area contributed by atoms with Crippen LogP contribution in [-0.2, 0) is 0 Å². The lowest BCUT2D eigenvalue weighted by atomic mass is 10.1. The maximum Gasteiger partial charge on any atom is 0.271 e. The van der Waals surface area contributed by atoms with Gasteiger partial charge in [-0.1, -0.05) is 17.7 Å². The molecule has 7 heteroatoms. The van der Waals surface area contributed by atoms with E-state index in [1.807, 2.05) is 6.92 Å². The quantitative estimate of drug-likeness (QED) is 0.582. The van der Waals surface area contributed by atoms with Crippen LogP contribution in [0.15, 0.2) is 40.9 Å². The van der Waals surface area contributed by atoms with E-state index >= 15 is 0 Å². The van der Waals surface area contributed by atoms with Gasteiger partial charge in [0, 0.05) is 18.2 Å². The van der Waals surface area contributed by atoms with Gasteiger partial charge in [-0.05, 0) is 46.6 Å². The van der Waals surface area contributed by atoms with Crippen LogP contribution >= 0.6 is 27.5 Å². The summed E-state index contributed by atoms with van der Waals surface area (Å²) >= 11 is 9.16. The van der Waals surface area contributed by atoms with Gasteiger partial charge in [-0.2, -0.15) is 0 Å². The third-order valence-corrected chi connectivity index (χ3v) is 3.91. The Morgan fingerprint density at radius 2 is 2.05 bits per heavy atom. The lowest BCUT2D eigenvalue weighted by Crippen LogP contribution is -2.07. The summed E-state index contributed by atoms with van der Waals surface area (Å²) < 4.78 is 13.6. The highest BCUT2D eigenvalue weighted by Crippen LogP contribution is 2.30. The molecule has 21 heavy (non-hydrogen) atoms.